The number of carbonyl (C=O) groups is 1. The first-order chi connectivity index (χ1) is 9.21. The van der Waals surface area contributed by atoms with Crippen LogP contribution in [0.1, 0.15) is 32.3 Å². The number of hydrogen-bond acceptors (Lipinski definition) is 2. The van der Waals surface area contributed by atoms with Crippen LogP contribution in [0.2, 0.25) is 0 Å². The van der Waals surface area contributed by atoms with Gasteiger partial charge in [-0.2, -0.15) is 0 Å². The van der Waals surface area contributed by atoms with Gasteiger partial charge in [0.1, 0.15) is 5.75 Å². The lowest BCUT2D eigenvalue weighted by Crippen LogP contribution is -2.40. The zero-order chi connectivity index (χ0) is 14.1. The zero-order valence-electron chi connectivity index (χ0n) is 12.1. The maximum Gasteiger partial charge on any atom is 0.317 e. The molecule has 0 bridgehead atoms. The number of nitrogens with zero attached hydrogens (tertiary/aromatic N) is 1. The maximum absolute atomic E-state index is 12.0. The second-order valence-corrected chi connectivity index (χ2v) is 4.49. The molecule has 0 aliphatic heterocycles. The lowest BCUT2D eigenvalue weighted by Gasteiger charge is -2.21. The van der Waals surface area contributed by atoms with E-state index in [9.17, 15) is 4.79 Å². The van der Waals surface area contributed by atoms with Crippen molar-refractivity contribution < 1.29 is 9.53 Å². The van der Waals surface area contributed by atoms with Gasteiger partial charge >= 0.3 is 6.03 Å². The first-order valence-corrected chi connectivity index (χ1v) is 6.87. The summed E-state index contributed by atoms with van der Waals surface area (Å²) in [4.78, 5) is 13.9. The fourth-order valence-corrected chi connectivity index (χ4v) is 1.89. The van der Waals surface area contributed by atoms with Gasteiger partial charge in [0.2, 0.25) is 0 Å². The SMILES string of the molecule is CCCN(CCC)C(=O)NCc1ccc(OC)cc1. The van der Waals surface area contributed by atoms with Crippen LogP contribution in [0.15, 0.2) is 24.3 Å². The molecule has 1 aromatic carbocycles. The third-order valence-corrected chi connectivity index (χ3v) is 2.88. The molecule has 4 heteroatoms. The average Bonchev–Trinajstić information content (AvgIpc) is 2.45. The van der Waals surface area contributed by atoms with Crippen molar-refractivity contribution >= 4 is 6.03 Å². The quantitative estimate of drug-likeness (QED) is 0.822. The Labute approximate surface area is 115 Å². The molecule has 0 unspecified atom stereocenters. The molecule has 0 atom stereocenters. The Bertz CT molecular complexity index is 370. The molecule has 0 heterocycles. The second kappa shape index (κ2) is 8.40. The van der Waals surface area contributed by atoms with E-state index in [1.165, 1.54) is 0 Å². The minimum absolute atomic E-state index is 0.0134. The summed E-state index contributed by atoms with van der Waals surface area (Å²) in [5.74, 6) is 0.827. The average molecular weight is 264 g/mol. The van der Waals surface area contributed by atoms with E-state index in [0.717, 1.165) is 37.2 Å². The lowest BCUT2D eigenvalue weighted by atomic mass is 10.2. The number of nitrogens with one attached hydrogen (secondary N) is 1. The fourth-order valence-electron chi connectivity index (χ4n) is 1.89. The minimum Gasteiger partial charge on any atom is -0.497 e. The highest BCUT2D eigenvalue weighted by atomic mass is 16.5. The number of hydrogen-bond donors (Lipinski definition) is 1. The highest BCUT2D eigenvalue weighted by Crippen LogP contribution is 2.11. The molecule has 0 fully saturated rings. The van der Waals surface area contributed by atoms with Gasteiger partial charge < -0.3 is 15.0 Å². The van der Waals surface area contributed by atoms with Gasteiger partial charge in [0.15, 0.2) is 0 Å². The second-order valence-electron chi connectivity index (χ2n) is 4.49. The van der Waals surface area contributed by atoms with Gasteiger partial charge in [-0.25, -0.2) is 4.79 Å². The lowest BCUT2D eigenvalue weighted by molar-refractivity contribution is 0.197. The summed E-state index contributed by atoms with van der Waals surface area (Å²) in [5, 5.41) is 2.95. The van der Waals surface area contributed by atoms with Crippen molar-refractivity contribution in [2.45, 2.75) is 33.2 Å². The van der Waals surface area contributed by atoms with Crippen molar-refractivity contribution in [1.82, 2.24) is 10.2 Å². The van der Waals surface area contributed by atoms with Crippen LogP contribution in [0, 0.1) is 0 Å². The number of ether oxygens (including phenoxy) is 1. The number of carbonyl (C=O) groups excluding carboxylic acids is 1. The van der Waals surface area contributed by atoms with Gasteiger partial charge in [-0.15, -0.1) is 0 Å². The van der Waals surface area contributed by atoms with Crippen LogP contribution >= 0.6 is 0 Å². The largest absolute Gasteiger partial charge is 0.497 e. The minimum atomic E-state index is 0.0134. The maximum atomic E-state index is 12.0. The molecule has 0 radical (unpaired) electrons. The Morgan fingerprint density at radius 3 is 2.21 bits per heavy atom. The number of urea groups is 1. The zero-order valence-corrected chi connectivity index (χ0v) is 12.1. The van der Waals surface area contributed by atoms with Gasteiger partial charge in [0.25, 0.3) is 0 Å². The number of rotatable bonds is 7. The summed E-state index contributed by atoms with van der Waals surface area (Å²) in [6.07, 6.45) is 1.96. The highest BCUT2D eigenvalue weighted by molar-refractivity contribution is 5.74. The van der Waals surface area contributed by atoms with Crippen molar-refractivity contribution in [3.8, 4) is 5.75 Å². The van der Waals surface area contributed by atoms with Gasteiger partial charge in [0.05, 0.1) is 7.11 Å². The molecule has 4 nitrogen and oxygen atoms in total. The first-order valence-electron chi connectivity index (χ1n) is 6.87. The molecule has 0 saturated heterocycles. The molecular weight excluding hydrogens is 240 g/mol. The Hall–Kier alpha value is -1.71. The summed E-state index contributed by atoms with van der Waals surface area (Å²) in [7, 11) is 1.64. The highest BCUT2D eigenvalue weighted by Gasteiger charge is 2.10. The Morgan fingerprint density at radius 2 is 1.74 bits per heavy atom. The molecule has 2 amide bonds. The molecule has 1 rings (SSSR count). The van der Waals surface area contributed by atoms with E-state index in [-0.39, 0.29) is 6.03 Å². The fraction of sp³-hybridized carbons (Fsp3) is 0.533. The van der Waals surface area contributed by atoms with Crippen LogP contribution in [-0.2, 0) is 6.54 Å². The molecule has 106 valence electrons. The van der Waals surface area contributed by atoms with Crippen molar-refractivity contribution in [3.63, 3.8) is 0 Å². The van der Waals surface area contributed by atoms with Gasteiger partial charge in [-0.1, -0.05) is 26.0 Å². The molecule has 1 N–H and O–H groups in total. The molecule has 0 spiro atoms. The number of methoxy groups -OCH3 is 1. The van der Waals surface area contributed by atoms with Crippen LogP contribution in [0.4, 0.5) is 4.79 Å². The standard InChI is InChI=1S/C15H24N2O2/c1-4-10-17(11-5-2)15(18)16-12-13-6-8-14(19-3)9-7-13/h6-9H,4-5,10-12H2,1-3H3,(H,16,18). The molecule has 0 aliphatic rings. The predicted molar refractivity (Wildman–Crippen MR) is 77.4 cm³/mol. The van der Waals surface area contributed by atoms with Gasteiger partial charge in [-0.3, -0.25) is 0 Å². The predicted octanol–water partition coefficient (Wildman–Crippen LogP) is 3.03. The van der Waals surface area contributed by atoms with Crippen molar-refractivity contribution in [3.05, 3.63) is 29.8 Å². The summed E-state index contributed by atoms with van der Waals surface area (Å²) in [5.41, 5.74) is 1.07. The molecule has 0 aromatic heterocycles. The summed E-state index contributed by atoms with van der Waals surface area (Å²) in [6.45, 7) is 6.33. The summed E-state index contributed by atoms with van der Waals surface area (Å²) >= 11 is 0. The molecule has 19 heavy (non-hydrogen) atoms. The van der Waals surface area contributed by atoms with E-state index < -0.39 is 0 Å². The number of benzene rings is 1. The number of amides is 2. The van der Waals surface area contributed by atoms with E-state index in [1.807, 2.05) is 29.2 Å². The molecule has 1 aromatic rings. The third kappa shape index (κ3) is 5.20. The third-order valence-electron chi connectivity index (χ3n) is 2.88. The normalized spacial score (nSPS) is 10.1. The Morgan fingerprint density at radius 1 is 1.16 bits per heavy atom. The summed E-state index contributed by atoms with van der Waals surface area (Å²) < 4.78 is 5.10. The molecular formula is C15H24N2O2. The van der Waals surface area contributed by atoms with E-state index in [2.05, 4.69) is 19.2 Å². The van der Waals surface area contributed by atoms with E-state index in [4.69, 9.17) is 4.74 Å². The monoisotopic (exact) mass is 264 g/mol. The Kier molecular flexibility index (Phi) is 6.79. The van der Waals surface area contributed by atoms with Crippen molar-refractivity contribution in [2.24, 2.45) is 0 Å². The van der Waals surface area contributed by atoms with E-state index in [1.54, 1.807) is 7.11 Å². The molecule has 0 aliphatic carbocycles. The van der Waals surface area contributed by atoms with Crippen LogP contribution in [0.3, 0.4) is 0 Å². The summed E-state index contributed by atoms with van der Waals surface area (Å²) in [6, 6.07) is 7.74. The van der Waals surface area contributed by atoms with Crippen molar-refractivity contribution in [2.75, 3.05) is 20.2 Å². The van der Waals surface area contributed by atoms with E-state index >= 15 is 0 Å². The van der Waals surface area contributed by atoms with Crippen LogP contribution in [-0.4, -0.2) is 31.1 Å². The smallest absolute Gasteiger partial charge is 0.317 e. The first kappa shape index (κ1) is 15.3. The van der Waals surface area contributed by atoms with Crippen LogP contribution < -0.4 is 10.1 Å². The van der Waals surface area contributed by atoms with Crippen LogP contribution in [0.5, 0.6) is 5.75 Å². The topological polar surface area (TPSA) is 41.6 Å². The van der Waals surface area contributed by atoms with Gasteiger partial charge in [0, 0.05) is 19.6 Å². The van der Waals surface area contributed by atoms with Crippen molar-refractivity contribution in [1.29, 1.82) is 0 Å². The van der Waals surface area contributed by atoms with Crippen LogP contribution in [0.25, 0.3) is 0 Å². The van der Waals surface area contributed by atoms with E-state index in [0.29, 0.717) is 6.54 Å². The van der Waals surface area contributed by atoms with Gasteiger partial charge in [-0.05, 0) is 30.5 Å². The Balaban J connectivity index is 2.46. The molecule has 0 saturated carbocycles.